The number of aliphatic imine (C=N–C) groups is 1. The summed E-state index contributed by atoms with van der Waals surface area (Å²) in [6.07, 6.45) is 1.74. The van der Waals surface area contributed by atoms with Crippen molar-refractivity contribution in [3.63, 3.8) is 0 Å². The first-order valence-corrected chi connectivity index (χ1v) is 5.78. The second-order valence-electron chi connectivity index (χ2n) is 3.04. The van der Waals surface area contributed by atoms with Gasteiger partial charge in [0.15, 0.2) is 0 Å². The van der Waals surface area contributed by atoms with Gasteiger partial charge in [-0.25, -0.2) is 0 Å². The third-order valence-corrected chi connectivity index (χ3v) is 2.38. The summed E-state index contributed by atoms with van der Waals surface area (Å²) in [5.74, 6) is -0.748. The molecule has 0 aromatic heterocycles. The molecule has 0 saturated carbocycles. The molecule has 0 unspecified atom stereocenters. The second kappa shape index (κ2) is 8.68. The number of nitrogens with two attached hydrogens (primary N) is 1. The van der Waals surface area contributed by atoms with Crippen molar-refractivity contribution in [1.82, 2.24) is 0 Å². The van der Waals surface area contributed by atoms with Gasteiger partial charge in [0.1, 0.15) is 5.84 Å². The predicted octanol–water partition coefficient (Wildman–Crippen LogP) is 1.74. The fourth-order valence-electron chi connectivity index (χ4n) is 0.822. The lowest BCUT2D eigenvalue weighted by atomic mass is 10.2. The van der Waals surface area contributed by atoms with Crippen LogP contribution in [-0.4, -0.2) is 29.7 Å². The number of hydrogen-bond donors (Lipinski definition) is 3. The Morgan fingerprint density at radius 2 is 2.12 bits per heavy atom. The molecule has 0 fully saturated rings. The fourth-order valence-corrected chi connectivity index (χ4v) is 1.35. The summed E-state index contributed by atoms with van der Waals surface area (Å²) in [6, 6.07) is 7.92. The molecule has 0 aliphatic carbocycles. The zero-order valence-electron chi connectivity index (χ0n) is 9.35. The van der Waals surface area contributed by atoms with Crippen LogP contribution in [0.4, 0.5) is 0 Å². The van der Waals surface area contributed by atoms with Crippen LogP contribution in [0.15, 0.2) is 29.3 Å². The van der Waals surface area contributed by atoms with Crippen LogP contribution in [-0.2, 0) is 4.79 Å². The van der Waals surface area contributed by atoms with Crippen LogP contribution in [0, 0.1) is 8.98 Å². The third-order valence-electron chi connectivity index (χ3n) is 1.40. The number of hydrogen-bond acceptors (Lipinski definition) is 3. The molecule has 0 radical (unpaired) electrons. The van der Waals surface area contributed by atoms with Gasteiger partial charge in [0.25, 0.3) is 5.97 Å². The van der Waals surface area contributed by atoms with E-state index in [1.807, 2.05) is 24.3 Å². The molecule has 1 rings (SSSR count). The van der Waals surface area contributed by atoms with Crippen molar-refractivity contribution in [2.45, 2.75) is 6.92 Å². The van der Waals surface area contributed by atoms with Crippen molar-refractivity contribution in [2.75, 3.05) is 6.54 Å². The van der Waals surface area contributed by atoms with Crippen molar-refractivity contribution >= 4 is 40.6 Å². The normalized spacial score (nSPS) is 9.53. The molecular weight excluding hydrogens is 333 g/mol. The Kier molecular flexibility index (Phi) is 7.95. The van der Waals surface area contributed by atoms with Gasteiger partial charge in [0.2, 0.25) is 0 Å². The highest BCUT2D eigenvalue weighted by atomic mass is 127. The van der Waals surface area contributed by atoms with Gasteiger partial charge in [-0.2, -0.15) is 0 Å². The Labute approximate surface area is 113 Å². The Morgan fingerprint density at radius 3 is 2.59 bits per heavy atom. The molecule has 0 aliphatic heterocycles. The highest BCUT2D eigenvalue weighted by Gasteiger charge is 1.92. The van der Waals surface area contributed by atoms with E-state index in [4.69, 9.17) is 21.0 Å². The van der Waals surface area contributed by atoms with Gasteiger partial charge in [-0.05, 0) is 28.7 Å². The van der Waals surface area contributed by atoms with Crippen LogP contribution in [0.2, 0.25) is 0 Å². The zero-order chi connectivity index (χ0) is 13.3. The van der Waals surface area contributed by atoms with E-state index in [0.29, 0.717) is 0 Å². The number of rotatable bonds is 3. The van der Waals surface area contributed by atoms with Gasteiger partial charge in [0, 0.05) is 22.3 Å². The topological polar surface area (TPSA) is 99.5 Å². The molecule has 5 nitrogen and oxygen atoms in total. The largest absolute Gasteiger partial charge is 0.481 e. The SMILES string of the molecule is CC(=O)O.N=C(N)CN=Cc1ccccc1I. The number of aliphatic carboxylic acids is 1. The molecule has 0 saturated heterocycles. The van der Waals surface area contributed by atoms with Crippen molar-refractivity contribution < 1.29 is 9.90 Å². The van der Waals surface area contributed by atoms with Gasteiger partial charge >= 0.3 is 0 Å². The summed E-state index contributed by atoms with van der Waals surface area (Å²) in [6.45, 7) is 1.35. The summed E-state index contributed by atoms with van der Waals surface area (Å²) in [5, 5.41) is 14.4. The average Bonchev–Trinajstić information content (AvgIpc) is 2.19. The molecule has 0 bridgehead atoms. The number of halogens is 1. The van der Waals surface area contributed by atoms with Crippen molar-refractivity contribution in [3.05, 3.63) is 33.4 Å². The van der Waals surface area contributed by atoms with E-state index in [1.54, 1.807) is 6.21 Å². The maximum absolute atomic E-state index is 9.00. The molecule has 1 aromatic carbocycles. The Bertz CT molecular complexity index is 415. The number of carbonyl (C=O) groups is 1. The first kappa shape index (κ1) is 15.6. The van der Waals surface area contributed by atoms with E-state index in [-0.39, 0.29) is 12.4 Å². The van der Waals surface area contributed by atoms with Gasteiger partial charge in [-0.3, -0.25) is 15.2 Å². The lowest BCUT2D eigenvalue weighted by Gasteiger charge is -1.95. The van der Waals surface area contributed by atoms with E-state index >= 15 is 0 Å². The Morgan fingerprint density at radius 1 is 1.59 bits per heavy atom. The van der Waals surface area contributed by atoms with Crippen molar-refractivity contribution in [2.24, 2.45) is 10.7 Å². The number of nitrogens with zero attached hydrogens (tertiary/aromatic N) is 1. The molecule has 17 heavy (non-hydrogen) atoms. The number of carboxylic acid groups (broad SMARTS) is 1. The molecule has 1 aromatic rings. The Balaban J connectivity index is 0.000000557. The maximum atomic E-state index is 9.00. The molecule has 6 heteroatoms. The highest BCUT2D eigenvalue weighted by molar-refractivity contribution is 14.1. The molecule has 92 valence electrons. The fraction of sp³-hybridized carbons (Fsp3) is 0.182. The van der Waals surface area contributed by atoms with E-state index in [0.717, 1.165) is 16.1 Å². The highest BCUT2D eigenvalue weighted by Crippen LogP contribution is 2.08. The van der Waals surface area contributed by atoms with Crippen molar-refractivity contribution in [3.8, 4) is 0 Å². The first-order chi connectivity index (χ1) is 7.93. The summed E-state index contributed by atoms with van der Waals surface area (Å²) in [5.41, 5.74) is 6.22. The summed E-state index contributed by atoms with van der Waals surface area (Å²) >= 11 is 2.24. The van der Waals surface area contributed by atoms with Crippen LogP contribution in [0.25, 0.3) is 0 Å². The van der Waals surface area contributed by atoms with E-state index in [9.17, 15) is 0 Å². The van der Waals surface area contributed by atoms with Gasteiger partial charge < -0.3 is 10.8 Å². The summed E-state index contributed by atoms with van der Waals surface area (Å²) < 4.78 is 1.15. The average molecular weight is 347 g/mol. The number of nitrogens with one attached hydrogen (secondary N) is 1. The minimum Gasteiger partial charge on any atom is -0.481 e. The first-order valence-electron chi connectivity index (χ1n) is 4.70. The van der Waals surface area contributed by atoms with Crippen molar-refractivity contribution in [1.29, 1.82) is 5.41 Å². The third kappa shape index (κ3) is 9.49. The van der Waals surface area contributed by atoms with Crippen LogP contribution in [0.3, 0.4) is 0 Å². The van der Waals surface area contributed by atoms with Gasteiger partial charge in [0.05, 0.1) is 6.54 Å². The lowest BCUT2D eigenvalue weighted by Crippen LogP contribution is -2.13. The Hall–Kier alpha value is -1.44. The second-order valence-corrected chi connectivity index (χ2v) is 4.20. The monoisotopic (exact) mass is 347 g/mol. The minimum atomic E-state index is -0.833. The smallest absolute Gasteiger partial charge is 0.300 e. The number of benzene rings is 1. The van der Waals surface area contributed by atoms with Crippen LogP contribution in [0.1, 0.15) is 12.5 Å². The van der Waals surface area contributed by atoms with E-state index < -0.39 is 5.97 Å². The molecular formula is C11H14IN3O2. The number of carboxylic acids is 1. The van der Waals surface area contributed by atoms with Gasteiger partial charge in [-0.15, -0.1) is 0 Å². The van der Waals surface area contributed by atoms with Crippen LogP contribution < -0.4 is 5.73 Å². The predicted molar refractivity (Wildman–Crippen MR) is 76.8 cm³/mol. The minimum absolute atomic E-state index is 0.0854. The number of amidine groups is 1. The van der Waals surface area contributed by atoms with Crippen LogP contribution in [0.5, 0.6) is 0 Å². The lowest BCUT2D eigenvalue weighted by molar-refractivity contribution is -0.134. The van der Waals surface area contributed by atoms with Crippen LogP contribution >= 0.6 is 22.6 Å². The van der Waals surface area contributed by atoms with E-state index in [2.05, 4.69) is 27.6 Å². The molecule has 0 aliphatic rings. The molecule has 0 heterocycles. The molecule has 0 atom stereocenters. The standard InChI is InChI=1S/C9H10IN3.C2H4O2/c10-8-4-2-1-3-7(8)5-13-6-9(11)12;1-2(3)4/h1-5H,6H2,(H3,11,12);1H3,(H,3,4). The zero-order valence-corrected chi connectivity index (χ0v) is 11.5. The molecule has 0 spiro atoms. The molecule has 0 amide bonds. The van der Waals surface area contributed by atoms with Gasteiger partial charge in [-0.1, -0.05) is 18.2 Å². The maximum Gasteiger partial charge on any atom is 0.300 e. The quantitative estimate of drug-likeness (QED) is 0.441. The van der Waals surface area contributed by atoms with E-state index in [1.165, 1.54) is 0 Å². The summed E-state index contributed by atoms with van der Waals surface area (Å²) in [4.78, 5) is 13.0. The summed E-state index contributed by atoms with van der Waals surface area (Å²) in [7, 11) is 0. The molecule has 4 N–H and O–H groups in total.